The fraction of sp³-hybridized carbons (Fsp3) is 0.400. The molecule has 1 N–H and O–H groups in total. The lowest BCUT2D eigenvalue weighted by Crippen LogP contribution is -2.19. The second-order valence-corrected chi connectivity index (χ2v) is 5.58. The Morgan fingerprint density at radius 2 is 2.21 bits per heavy atom. The van der Waals surface area contributed by atoms with Gasteiger partial charge in [-0.15, -0.1) is 11.3 Å². The molecule has 1 aromatic carbocycles. The van der Waals surface area contributed by atoms with E-state index in [1.54, 1.807) is 30.4 Å². The Balaban J connectivity index is 2.18. The molecule has 1 heterocycles. The van der Waals surface area contributed by atoms with Gasteiger partial charge >= 0.3 is 0 Å². The van der Waals surface area contributed by atoms with Crippen molar-refractivity contribution in [1.82, 2.24) is 10.3 Å². The summed E-state index contributed by atoms with van der Waals surface area (Å²) in [6.45, 7) is 6.99. The number of aryl methyl sites for hydroxylation is 1. The molecule has 0 aliphatic carbocycles. The van der Waals surface area contributed by atoms with Crippen LogP contribution in [0.1, 0.15) is 37.6 Å². The summed E-state index contributed by atoms with van der Waals surface area (Å²) in [5.74, 6) is -0.175. The van der Waals surface area contributed by atoms with Crippen LogP contribution < -0.4 is 5.32 Å². The van der Waals surface area contributed by atoms with Gasteiger partial charge in [0, 0.05) is 17.0 Å². The van der Waals surface area contributed by atoms with Gasteiger partial charge in [0.25, 0.3) is 0 Å². The van der Waals surface area contributed by atoms with Gasteiger partial charge in [-0.2, -0.15) is 0 Å². The molecule has 0 saturated carbocycles. The van der Waals surface area contributed by atoms with E-state index in [4.69, 9.17) is 0 Å². The number of halogens is 1. The highest BCUT2D eigenvalue weighted by Gasteiger charge is 2.11. The van der Waals surface area contributed by atoms with Crippen molar-refractivity contribution in [3.05, 3.63) is 40.7 Å². The predicted octanol–water partition coefficient (Wildman–Crippen LogP) is 4.32. The summed E-state index contributed by atoms with van der Waals surface area (Å²) in [7, 11) is 0. The maximum atomic E-state index is 13.6. The van der Waals surface area contributed by atoms with E-state index in [1.807, 2.05) is 11.4 Å². The smallest absolute Gasteiger partial charge is 0.126 e. The van der Waals surface area contributed by atoms with Gasteiger partial charge in [0.05, 0.1) is 5.69 Å². The molecule has 0 fully saturated rings. The summed E-state index contributed by atoms with van der Waals surface area (Å²) < 4.78 is 13.6. The van der Waals surface area contributed by atoms with Crippen LogP contribution >= 0.6 is 11.3 Å². The van der Waals surface area contributed by atoms with Gasteiger partial charge in [0.1, 0.15) is 10.8 Å². The normalized spacial score (nSPS) is 12.6. The van der Waals surface area contributed by atoms with E-state index >= 15 is 0 Å². The van der Waals surface area contributed by atoms with E-state index < -0.39 is 0 Å². The summed E-state index contributed by atoms with van der Waals surface area (Å²) in [6.07, 6.45) is 1.10. The molecule has 0 spiro atoms. The largest absolute Gasteiger partial charge is 0.309 e. The summed E-state index contributed by atoms with van der Waals surface area (Å²) in [5, 5.41) is 6.32. The first-order valence-corrected chi connectivity index (χ1v) is 7.45. The maximum absolute atomic E-state index is 13.6. The topological polar surface area (TPSA) is 24.9 Å². The van der Waals surface area contributed by atoms with Crippen molar-refractivity contribution in [3.63, 3.8) is 0 Å². The van der Waals surface area contributed by atoms with Crippen LogP contribution in [-0.2, 0) is 0 Å². The number of benzene rings is 1. The number of hydrogen-bond acceptors (Lipinski definition) is 3. The minimum absolute atomic E-state index is 0.175. The van der Waals surface area contributed by atoms with E-state index in [2.05, 4.69) is 24.1 Å². The van der Waals surface area contributed by atoms with Crippen molar-refractivity contribution < 1.29 is 4.39 Å². The number of aromatic nitrogens is 1. The second kappa shape index (κ2) is 6.26. The average molecular weight is 278 g/mol. The molecule has 2 aromatic rings. The molecule has 1 atom stereocenters. The maximum Gasteiger partial charge on any atom is 0.126 e. The van der Waals surface area contributed by atoms with Gasteiger partial charge in [0.2, 0.25) is 0 Å². The molecule has 19 heavy (non-hydrogen) atoms. The molecule has 102 valence electrons. The molecule has 2 rings (SSSR count). The quantitative estimate of drug-likeness (QED) is 0.881. The number of rotatable bonds is 5. The van der Waals surface area contributed by atoms with Crippen LogP contribution in [0.15, 0.2) is 23.6 Å². The van der Waals surface area contributed by atoms with Gasteiger partial charge in [-0.25, -0.2) is 9.37 Å². The Morgan fingerprint density at radius 1 is 1.42 bits per heavy atom. The minimum atomic E-state index is -0.175. The third-order valence-electron chi connectivity index (χ3n) is 3.08. The van der Waals surface area contributed by atoms with Gasteiger partial charge in [-0.3, -0.25) is 0 Å². The first-order chi connectivity index (χ1) is 9.11. The van der Waals surface area contributed by atoms with Crippen LogP contribution in [0, 0.1) is 12.7 Å². The summed E-state index contributed by atoms with van der Waals surface area (Å²) in [4.78, 5) is 4.59. The second-order valence-electron chi connectivity index (χ2n) is 4.72. The van der Waals surface area contributed by atoms with Crippen LogP contribution in [0.2, 0.25) is 0 Å². The fourth-order valence-electron chi connectivity index (χ4n) is 1.81. The molecule has 2 nitrogen and oxygen atoms in total. The van der Waals surface area contributed by atoms with Crippen molar-refractivity contribution in [2.24, 2.45) is 0 Å². The van der Waals surface area contributed by atoms with E-state index in [9.17, 15) is 4.39 Å². The molecule has 4 heteroatoms. The number of hydrogen-bond donors (Lipinski definition) is 1. The molecule has 0 aliphatic rings. The zero-order valence-electron chi connectivity index (χ0n) is 11.5. The Labute approximate surface area is 117 Å². The van der Waals surface area contributed by atoms with Gasteiger partial charge in [-0.1, -0.05) is 19.1 Å². The number of nitrogens with zero attached hydrogens (tertiary/aromatic N) is 1. The lowest BCUT2D eigenvalue weighted by atomic mass is 10.1. The number of thiazole rings is 1. The van der Waals surface area contributed by atoms with E-state index in [1.165, 1.54) is 0 Å². The molecule has 1 aromatic heterocycles. The van der Waals surface area contributed by atoms with Crippen molar-refractivity contribution in [2.45, 2.75) is 33.2 Å². The first-order valence-electron chi connectivity index (χ1n) is 6.57. The van der Waals surface area contributed by atoms with E-state index in [-0.39, 0.29) is 11.9 Å². The fourth-order valence-corrected chi connectivity index (χ4v) is 2.72. The minimum Gasteiger partial charge on any atom is -0.309 e. The third-order valence-corrected chi connectivity index (χ3v) is 3.99. The van der Waals surface area contributed by atoms with E-state index in [0.717, 1.165) is 29.2 Å². The van der Waals surface area contributed by atoms with Crippen molar-refractivity contribution in [1.29, 1.82) is 0 Å². The third kappa shape index (κ3) is 3.39. The zero-order chi connectivity index (χ0) is 13.8. The van der Waals surface area contributed by atoms with Crippen molar-refractivity contribution >= 4 is 11.3 Å². The highest BCUT2D eigenvalue weighted by atomic mass is 32.1. The molecule has 0 bridgehead atoms. The van der Waals surface area contributed by atoms with Crippen LogP contribution in [-0.4, -0.2) is 11.5 Å². The Morgan fingerprint density at radius 3 is 2.89 bits per heavy atom. The van der Waals surface area contributed by atoms with Crippen molar-refractivity contribution in [2.75, 3.05) is 6.54 Å². The standard InChI is InChI=1S/C15H19FN2S/c1-4-7-17-11(3)14-9-19-15(18-14)12-6-5-10(2)13(16)8-12/h5-6,8-9,11,17H,4,7H2,1-3H3. The van der Waals surface area contributed by atoms with E-state index in [0.29, 0.717) is 5.56 Å². The molecule has 1 unspecified atom stereocenters. The summed E-state index contributed by atoms with van der Waals surface area (Å²) >= 11 is 1.56. The molecule has 0 aliphatic heterocycles. The first kappa shape index (κ1) is 14.2. The summed E-state index contributed by atoms with van der Waals surface area (Å²) in [5.41, 5.74) is 2.54. The molecule has 0 saturated heterocycles. The highest BCUT2D eigenvalue weighted by molar-refractivity contribution is 7.13. The van der Waals surface area contributed by atoms with Crippen LogP contribution in [0.5, 0.6) is 0 Å². The SMILES string of the molecule is CCCNC(C)c1csc(-c2ccc(C)c(F)c2)n1. The van der Waals surface area contributed by atoms with Gasteiger partial charge in [-0.05, 0) is 38.4 Å². The molecule has 0 amide bonds. The average Bonchev–Trinajstić information content (AvgIpc) is 2.89. The lowest BCUT2D eigenvalue weighted by Gasteiger charge is -2.09. The zero-order valence-corrected chi connectivity index (χ0v) is 12.4. The Hall–Kier alpha value is -1.26. The highest BCUT2D eigenvalue weighted by Crippen LogP contribution is 2.27. The molecular formula is C15H19FN2S. The monoisotopic (exact) mass is 278 g/mol. The lowest BCUT2D eigenvalue weighted by molar-refractivity contribution is 0.561. The Kier molecular flexibility index (Phi) is 4.66. The van der Waals surface area contributed by atoms with Crippen LogP contribution in [0.4, 0.5) is 4.39 Å². The Bertz CT molecular complexity index is 551. The molecular weight excluding hydrogens is 259 g/mol. The molecule has 0 radical (unpaired) electrons. The van der Waals surface area contributed by atoms with Crippen molar-refractivity contribution in [3.8, 4) is 10.6 Å². The summed E-state index contributed by atoms with van der Waals surface area (Å²) in [6, 6.07) is 5.51. The van der Waals surface area contributed by atoms with Gasteiger partial charge < -0.3 is 5.32 Å². The van der Waals surface area contributed by atoms with Crippen LogP contribution in [0.25, 0.3) is 10.6 Å². The van der Waals surface area contributed by atoms with Gasteiger partial charge in [0.15, 0.2) is 0 Å². The predicted molar refractivity (Wildman–Crippen MR) is 79.0 cm³/mol. The number of nitrogens with one attached hydrogen (secondary N) is 1. The van der Waals surface area contributed by atoms with Crippen LogP contribution in [0.3, 0.4) is 0 Å².